The third-order valence-corrected chi connectivity index (χ3v) is 4.93. The molecule has 0 atom stereocenters. The number of ether oxygens (including phenoxy) is 1. The molecule has 0 spiro atoms. The summed E-state index contributed by atoms with van der Waals surface area (Å²) in [7, 11) is -3.50. The van der Waals surface area contributed by atoms with Gasteiger partial charge in [0, 0.05) is 23.4 Å². The van der Waals surface area contributed by atoms with Gasteiger partial charge in [0.1, 0.15) is 5.75 Å². The van der Waals surface area contributed by atoms with Crippen LogP contribution in [-0.2, 0) is 16.2 Å². The molecule has 0 radical (unpaired) electrons. The van der Waals surface area contributed by atoms with E-state index in [9.17, 15) is 26.4 Å². The molecular weight excluding hydrogens is 475 g/mol. The van der Waals surface area contributed by atoms with Gasteiger partial charge in [0.05, 0.1) is 18.0 Å². The van der Waals surface area contributed by atoms with Gasteiger partial charge in [-0.15, -0.1) is 5.10 Å². The standard InChI is InChI=1S/C21H16F3N5O4S/c1-34(31,32)28-17-12-29-18(26-17)8-9-19(27-29)33-16-7-3-6-15(11-16)25-20(30)13-4-2-5-14(10-13)21(22,23)24/h2-12,28H,1H3,(H,25,30). The maximum atomic E-state index is 12.9. The molecular formula is C21H16F3N5O4S. The fraction of sp³-hybridized carbons (Fsp3) is 0.0952. The van der Waals surface area contributed by atoms with Crippen LogP contribution in [0.1, 0.15) is 15.9 Å². The fourth-order valence-electron chi connectivity index (χ4n) is 2.96. The Hall–Kier alpha value is -4.13. The summed E-state index contributed by atoms with van der Waals surface area (Å²) >= 11 is 0. The van der Waals surface area contributed by atoms with Crippen LogP contribution in [0.4, 0.5) is 24.7 Å². The predicted octanol–water partition coefficient (Wildman–Crippen LogP) is 4.16. The molecule has 0 bridgehead atoms. The van der Waals surface area contributed by atoms with Gasteiger partial charge in [0.25, 0.3) is 5.91 Å². The highest BCUT2D eigenvalue weighted by Gasteiger charge is 2.30. The number of nitrogens with one attached hydrogen (secondary N) is 2. The van der Waals surface area contributed by atoms with Gasteiger partial charge in [-0.05, 0) is 36.4 Å². The summed E-state index contributed by atoms with van der Waals surface area (Å²) in [6.07, 6.45) is -2.19. The number of rotatable bonds is 6. The van der Waals surface area contributed by atoms with Crippen molar-refractivity contribution in [2.45, 2.75) is 6.18 Å². The summed E-state index contributed by atoms with van der Waals surface area (Å²) in [5.74, 6) is -0.181. The Morgan fingerprint density at radius 3 is 2.56 bits per heavy atom. The second-order valence-corrected chi connectivity index (χ2v) is 8.89. The SMILES string of the molecule is CS(=O)(=O)Nc1cn2nc(Oc3cccc(NC(=O)c4cccc(C(F)(F)F)c4)c3)ccc2n1. The maximum Gasteiger partial charge on any atom is 0.416 e. The Morgan fingerprint density at radius 1 is 1.06 bits per heavy atom. The highest BCUT2D eigenvalue weighted by Crippen LogP contribution is 2.30. The van der Waals surface area contributed by atoms with Crippen molar-refractivity contribution in [3.05, 3.63) is 78.0 Å². The number of hydrogen-bond donors (Lipinski definition) is 2. The molecule has 4 rings (SSSR count). The number of benzene rings is 2. The van der Waals surface area contributed by atoms with Gasteiger partial charge in [-0.25, -0.2) is 17.9 Å². The monoisotopic (exact) mass is 491 g/mol. The zero-order valence-electron chi connectivity index (χ0n) is 17.4. The summed E-state index contributed by atoms with van der Waals surface area (Å²) in [6.45, 7) is 0. The minimum absolute atomic E-state index is 0.0893. The molecule has 9 nitrogen and oxygen atoms in total. The number of hydrogen-bond acceptors (Lipinski definition) is 6. The predicted molar refractivity (Wildman–Crippen MR) is 117 cm³/mol. The van der Waals surface area contributed by atoms with E-state index >= 15 is 0 Å². The zero-order valence-corrected chi connectivity index (χ0v) is 18.2. The molecule has 0 aliphatic rings. The fourth-order valence-corrected chi connectivity index (χ4v) is 3.43. The highest BCUT2D eigenvalue weighted by molar-refractivity contribution is 7.92. The zero-order chi connectivity index (χ0) is 24.5. The molecule has 176 valence electrons. The molecule has 4 aromatic rings. The van der Waals surface area contributed by atoms with Crippen LogP contribution in [0.5, 0.6) is 11.6 Å². The lowest BCUT2D eigenvalue weighted by Gasteiger charge is -2.10. The van der Waals surface area contributed by atoms with E-state index in [0.717, 1.165) is 24.5 Å². The number of carbonyl (C=O) groups is 1. The van der Waals surface area contributed by atoms with Crippen molar-refractivity contribution < 1.29 is 31.1 Å². The number of amides is 1. The molecule has 2 aromatic heterocycles. The van der Waals surface area contributed by atoms with Crippen LogP contribution in [0.15, 0.2) is 66.9 Å². The summed E-state index contributed by atoms with van der Waals surface area (Å²) in [5.41, 5.74) is -0.399. The average Bonchev–Trinajstić information content (AvgIpc) is 3.13. The Morgan fingerprint density at radius 2 is 1.82 bits per heavy atom. The topological polar surface area (TPSA) is 115 Å². The number of halogens is 3. The van der Waals surface area contributed by atoms with Gasteiger partial charge in [0.2, 0.25) is 15.9 Å². The lowest BCUT2D eigenvalue weighted by molar-refractivity contribution is -0.137. The van der Waals surface area contributed by atoms with E-state index in [1.807, 2.05) is 0 Å². The Kier molecular flexibility index (Phi) is 5.87. The minimum Gasteiger partial charge on any atom is -0.438 e. The van der Waals surface area contributed by atoms with Crippen LogP contribution >= 0.6 is 0 Å². The molecule has 0 unspecified atom stereocenters. The van der Waals surface area contributed by atoms with Crippen LogP contribution in [0.25, 0.3) is 5.65 Å². The van der Waals surface area contributed by atoms with Crippen molar-refractivity contribution in [1.82, 2.24) is 14.6 Å². The largest absolute Gasteiger partial charge is 0.438 e. The smallest absolute Gasteiger partial charge is 0.416 e. The van der Waals surface area contributed by atoms with Crippen molar-refractivity contribution in [2.24, 2.45) is 0 Å². The number of aromatic nitrogens is 3. The molecule has 2 N–H and O–H groups in total. The quantitative estimate of drug-likeness (QED) is 0.419. The first-order valence-corrected chi connectivity index (χ1v) is 11.5. The van der Waals surface area contributed by atoms with Gasteiger partial charge in [-0.2, -0.15) is 13.2 Å². The van der Waals surface area contributed by atoms with Gasteiger partial charge >= 0.3 is 6.18 Å². The Balaban J connectivity index is 1.49. The van der Waals surface area contributed by atoms with E-state index < -0.39 is 27.7 Å². The second kappa shape index (κ2) is 8.67. The third-order valence-electron chi connectivity index (χ3n) is 4.35. The van der Waals surface area contributed by atoms with E-state index in [2.05, 4.69) is 20.1 Å². The van der Waals surface area contributed by atoms with Gasteiger partial charge in [0.15, 0.2) is 11.5 Å². The van der Waals surface area contributed by atoms with Crippen LogP contribution < -0.4 is 14.8 Å². The first kappa shape index (κ1) is 23.0. The molecule has 34 heavy (non-hydrogen) atoms. The lowest BCUT2D eigenvalue weighted by atomic mass is 10.1. The second-order valence-electron chi connectivity index (χ2n) is 7.14. The van der Waals surface area contributed by atoms with Crippen molar-refractivity contribution in [3.8, 4) is 11.6 Å². The van der Waals surface area contributed by atoms with E-state index in [1.54, 1.807) is 24.3 Å². The number of carbonyl (C=O) groups excluding carboxylic acids is 1. The Bertz CT molecular complexity index is 1490. The first-order chi connectivity index (χ1) is 16.0. The van der Waals surface area contributed by atoms with E-state index in [4.69, 9.17) is 4.74 Å². The number of nitrogens with zero attached hydrogens (tertiary/aromatic N) is 3. The molecule has 0 fully saturated rings. The van der Waals surface area contributed by atoms with Crippen molar-refractivity contribution in [1.29, 1.82) is 0 Å². The van der Waals surface area contributed by atoms with Crippen LogP contribution in [-0.4, -0.2) is 35.2 Å². The summed E-state index contributed by atoms with van der Waals surface area (Å²) in [6, 6.07) is 13.4. The highest BCUT2D eigenvalue weighted by atomic mass is 32.2. The van der Waals surface area contributed by atoms with E-state index in [0.29, 0.717) is 17.1 Å². The summed E-state index contributed by atoms with van der Waals surface area (Å²) < 4.78 is 70.7. The normalized spacial score (nSPS) is 11.9. The molecule has 0 aliphatic heterocycles. The van der Waals surface area contributed by atoms with Crippen LogP contribution in [0.2, 0.25) is 0 Å². The van der Waals surface area contributed by atoms with Gasteiger partial charge in [-0.3, -0.25) is 9.52 Å². The van der Waals surface area contributed by atoms with E-state index in [-0.39, 0.29) is 17.3 Å². The number of sulfonamides is 1. The third kappa shape index (κ3) is 5.61. The van der Waals surface area contributed by atoms with Crippen molar-refractivity contribution in [3.63, 3.8) is 0 Å². The molecule has 0 saturated heterocycles. The van der Waals surface area contributed by atoms with E-state index in [1.165, 1.54) is 28.9 Å². The Labute approximate surface area is 191 Å². The molecule has 2 heterocycles. The van der Waals surface area contributed by atoms with Crippen LogP contribution in [0.3, 0.4) is 0 Å². The number of anilines is 2. The minimum atomic E-state index is -4.56. The molecule has 2 aromatic carbocycles. The summed E-state index contributed by atoms with van der Waals surface area (Å²) in [4.78, 5) is 16.5. The number of alkyl halides is 3. The first-order valence-electron chi connectivity index (χ1n) is 9.57. The molecule has 0 saturated carbocycles. The molecule has 13 heteroatoms. The summed E-state index contributed by atoms with van der Waals surface area (Å²) in [5, 5.41) is 6.73. The number of fused-ring (bicyclic) bond motifs is 1. The van der Waals surface area contributed by atoms with Gasteiger partial charge < -0.3 is 10.1 Å². The van der Waals surface area contributed by atoms with Crippen molar-refractivity contribution >= 4 is 33.1 Å². The average molecular weight is 491 g/mol. The number of imidazole rings is 1. The molecule has 1 amide bonds. The maximum absolute atomic E-state index is 12.9. The van der Waals surface area contributed by atoms with Crippen LogP contribution in [0, 0.1) is 0 Å². The lowest BCUT2D eigenvalue weighted by Crippen LogP contribution is -2.13. The molecule has 0 aliphatic carbocycles. The van der Waals surface area contributed by atoms with Gasteiger partial charge in [-0.1, -0.05) is 12.1 Å². The van der Waals surface area contributed by atoms with Crippen molar-refractivity contribution in [2.75, 3.05) is 16.3 Å².